The predicted octanol–water partition coefficient (Wildman–Crippen LogP) is 4.12. The zero-order chi connectivity index (χ0) is 20.8. The molecule has 30 heavy (non-hydrogen) atoms. The Hall–Kier alpha value is -3.84. The highest BCUT2D eigenvalue weighted by atomic mass is 35.5. The summed E-state index contributed by atoms with van der Waals surface area (Å²) in [6.45, 7) is 0.0560. The van der Waals surface area contributed by atoms with Crippen LogP contribution in [0.3, 0.4) is 0 Å². The van der Waals surface area contributed by atoms with Crippen molar-refractivity contribution in [1.82, 2.24) is 0 Å². The summed E-state index contributed by atoms with van der Waals surface area (Å²) in [5.41, 5.74) is 1.64. The van der Waals surface area contributed by atoms with Gasteiger partial charge in [0, 0.05) is 5.69 Å². The maximum Gasteiger partial charge on any atom is 0.266 e. The average molecular weight is 421 g/mol. The summed E-state index contributed by atoms with van der Waals surface area (Å²) in [5, 5.41) is 2.89. The van der Waals surface area contributed by atoms with Crippen molar-refractivity contribution in [2.45, 2.75) is 0 Å². The van der Waals surface area contributed by atoms with E-state index in [2.05, 4.69) is 5.32 Å². The number of carbonyl (C=O) groups excluding carboxylic acids is 3. The third-order valence-electron chi connectivity index (χ3n) is 4.88. The maximum absolute atomic E-state index is 12.7. The molecule has 3 aromatic rings. The van der Waals surface area contributed by atoms with E-state index in [1.807, 2.05) is 0 Å². The maximum atomic E-state index is 12.7. The third-order valence-corrected chi connectivity index (χ3v) is 5.18. The van der Waals surface area contributed by atoms with Gasteiger partial charge >= 0.3 is 0 Å². The van der Waals surface area contributed by atoms with Crippen molar-refractivity contribution < 1.29 is 23.9 Å². The Labute approximate surface area is 175 Å². The quantitative estimate of drug-likeness (QED) is 0.644. The first-order valence-electron chi connectivity index (χ1n) is 9.02. The van der Waals surface area contributed by atoms with Gasteiger partial charge in [0.2, 0.25) is 6.79 Å². The Balaban J connectivity index is 1.41. The topological polar surface area (TPSA) is 84.9 Å². The monoisotopic (exact) mass is 420 g/mol. The number of hydrogen-bond donors (Lipinski definition) is 1. The van der Waals surface area contributed by atoms with Crippen molar-refractivity contribution in [3.05, 3.63) is 82.4 Å². The molecule has 0 bridgehead atoms. The molecule has 0 saturated carbocycles. The predicted molar refractivity (Wildman–Crippen MR) is 110 cm³/mol. The lowest BCUT2D eigenvalue weighted by atomic mass is 10.1. The van der Waals surface area contributed by atoms with Crippen LogP contribution in [0.5, 0.6) is 11.5 Å². The minimum absolute atomic E-state index is 0.0560. The van der Waals surface area contributed by atoms with Crippen LogP contribution in [0, 0.1) is 0 Å². The van der Waals surface area contributed by atoms with E-state index in [0.717, 1.165) is 4.90 Å². The first-order valence-corrected chi connectivity index (χ1v) is 9.40. The van der Waals surface area contributed by atoms with Crippen LogP contribution >= 0.6 is 11.6 Å². The summed E-state index contributed by atoms with van der Waals surface area (Å²) in [7, 11) is 0. The van der Waals surface area contributed by atoms with Crippen molar-refractivity contribution in [2.75, 3.05) is 17.0 Å². The van der Waals surface area contributed by atoms with E-state index in [9.17, 15) is 14.4 Å². The van der Waals surface area contributed by atoms with Crippen LogP contribution in [0.25, 0.3) is 0 Å². The summed E-state index contributed by atoms with van der Waals surface area (Å²) in [5.74, 6) is -0.398. The Bertz CT molecular complexity index is 1200. The zero-order valence-corrected chi connectivity index (χ0v) is 16.1. The molecule has 0 fully saturated rings. The Kier molecular flexibility index (Phi) is 4.18. The number of nitrogens with one attached hydrogen (secondary N) is 1. The van der Waals surface area contributed by atoms with Crippen LogP contribution in [0.2, 0.25) is 5.02 Å². The van der Waals surface area contributed by atoms with Gasteiger partial charge in [0.15, 0.2) is 11.5 Å². The van der Waals surface area contributed by atoms with Crippen LogP contribution in [0.15, 0.2) is 60.7 Å². The van der Waals surface area contributed by atoms with Crippen LogP contribution in [0.1, 0.15) is 31.1 Å². The number of para-hydroxylation sites is 1. The molecule has 0 aliphatic carbocycles. The largest absolute Gasteiger partial charge is 0.454 e. The van der Waals surface area contributed by atoms with Gasteiger partial charge in [-0.1, -0.05) is 29.8 Å². The van der Waals surface area contributed by atoms with Crippen molar-refractivity contribution in [2.24, 2.45) is 0 Å². The number of carbonyl (C=O) groups is 3. The van der Waals surface area contributed by atoms with Crippen molar-refractivity contribution in [1.29, 1.82) is 0 Å². The SMILES string of the molecule is O=C(Nc1ccc(N2C(=O)c3ccccc3C2=O)c(Cl)c1)c1cccc2c1OCO2. The molecular weight excluding hydrogens is 408 g/mol. The molecule has 0 atom stereocenters. The minimum Gasteiger partial charge on any atom is -0.454 e. The zero-order valence-electron chi connectivity index (χ0n) is 15.3. The van der Waals surface area contributed by atoms with Gasteiger partial charge in [0.05, 0.1) is 27.4 Å². The third kappa shape index (κ3) is 2.79. The van der Waals surface area contributed by atoms with Gasteiger partial charge < -0.3 is 14.8 Å². The number of hydrogen-bond acceptors (Lipinski definition) is 5. The van der Waals surface area contributed by atoms with Gasteiger partial charge in [-0.2, -0.15) is 0 Å². The van der Waals surface area contributed by atoms with Crippen LogP contribution < -0.4 is 19.7 Å². The molecule has 0 spiro atoms. The minimum atomic E-state index is -0.439. The molecule has 148 valence electrons. The van der Waals surface area contributed by atoms with Gasteiger partial charge in [-0.05, 0) is 42.5 Å². The van der Waals surface area contributed by atoms with E-state index in [4.69, 9.17) is 21.1 Å². The molecule has 1 N–H and O–H groups in total. The van der Waals surface area contributed by atoms with Gasteiger partial charge in [0.1, 0.15) is 0 Å². The molecule has 5 rings (SSSR count). The molecule has 0 saturated heterocycles. The number of fused-ring (bicyclic) bond motifs is 2. The second-order valence-corrected chi connectivity index (χ2v) is 7.06. The lowest BCUT2D eigenvalue weighted by Gasteiger charge is -2.16. The average Bonchev–Trinajstić information content (AvgIpc) is 3.32. The molecule has 3 aromatic carbocycles. The summed E-state index contributed by atoms with van der Waals surface area (Å²) < 4.78 is 10.6. The van der Waals surface area contributed by atoms with E-state index in [0.29, 0.717) is 33.9 Å². The number of anilines is 2. The summed E-state index contributed by atoms with van der Waals surface area (Å²) in [6, 6.07) is 16.2. The molecule has 2 heterocycles. The van der Waals surface area contributed by atoms with Crippen LogP contribution in [0.4, 0.5) is 11.4 Å². The molecule has 3 amide bonds. The lowest BCUT2D eigenvalue weighted by Crippen LogP contribution is -2.29. The standard InChI is InChI=1S/C22H13ClN2O5/c23-16-10-12(24-20(26)15-6-3-7-18-19(15)30-11-29-18)8-9-17(16)25-21(27)13-4-1-2-5-14(13)22(25)28/h1-10H,11H2,(H,24,26). The number of nitrogens with zero attached hydrogens (tertiary/aromatic N) is 1. The highest BCUT2D eigenvalue weighted by molar-refractivity contribution is 6.40. The molecule has 7 nitrogen and oxygen atoms in total. The van der Waals surface area contributed by atoms with Crippen molar-refractivity contribution in [3.63, 3.8) is 0 Å². The van der Waals surface area contributed by atoms with E-state index in [1.54, 1.807) is 48.5 Å². The van der Waals surface area contributed by atoms with E-state index < -0.39 is 17.7 Å². The van der Waals surface area contributed by atoms with Gasteiger partial charge in [-0.25, -0.2) is 4.90 Å². The highest BCUT2D eigenvalue weighted by Crippen LogP contribution is 2.37. The Morgan fingerprint density at radius 3 is 2.37 bits per heavy atom. The fourth-order valence-electron chi connectivity index (χ4n) is 3.48. The normalized spacial score (nSPS) is 14.1. The summed E-state index contributed by atoms with van der Waals surface area (Å²) in [6.07, 6.45) is 0. The first kappa shape index (κ1) is 18.2. The number of rotatable bonds is 3. The Morgan fingerprint density at radius 1 is 0.933 bits per heavy atom. The van der Waals surface area contributed by atoms with Crippen molar-refractivity contribution >= 4 is 40.7 Å². The smallest absolute Gasteiger partial charge is 0.266 e. The molecular formula is C22H13ClN2O5. The second kappa shape index (κ2) is 6.89. The van der Waals surface area contributed by atoms with Gasteiger partial charge in [-0.15, -0.1) is 0 Å². The van der Waals surface area contributed by atoms with E-state index in [-0.39, 0.29) is 17.5 Å². The first-order chi connectivity index (χ1) is 14.5. The molecule has 8 heteroatoms. The summed E-state index contributed by atoms with van der Waals surface area (Å²) >= 11 is 6.36. The molecule has 2 aliphatic rings. The number of benzene rings is 3. The second-order valence-electron chi connectivity index (χ2n) is 6.65. The van der Waals surface area contributed by atoms with Crippen LogP contribution in [-0.4, -0.2) is 24.5 Å². The fourth-order valence-corrected chi connectivity index (χ4v) is 3.75. The lowest BCUT2D eigenvalue weighted by molar-refractivity contribution is 0.0924. The van der Waals surface area contributed by atoms with Crippen LogP contribution in [-0.2, 0) is 0 Å². The van der Waals surface area contributed by atoms with Gasteiger partial charge in [0.25, 0.3) is 17.7 Å². The molecule has 0 aromatic heterocycles. The molecule has 0 unspecified atom stereocenters. The number of amides is 3. The van der Waals surface area contributed by atoms with Gasteiger partial charge in [-0.3, -0.25) is 14.4 Å². The fraction of sp³-hybridized carbons (Fsp3) is 0.0455. The number of halogens is 1. The number of ether oxygens (including phenoxy) is 2. The van der Waals surface area contributed by atoms with E-state index >= 15 is 0 Å². The number of imide groups is 1. The Morgan fingerprint density at radius 2 is 1.67 bits per heavy atom. The molecule has 2 aliphatic heterocycles. The summed E-state index contributed by atoms with van der Waals surface area (Å²) in [4.78, 5) is 39.0. The highest BCUT2D eigenvalue weighted by Gasteiger charge is 2.37. The van der Waals surface area contributed by atoms with E-state index in [1.165, 1.54) is 12.1 Å². The molecule has 0 radical (unpaired) electrons. The van der Waals surface area contributed by atoms with Crippen molar-refractivity contribution in [3.8, 4) is 11.5 Å².